The van der Waals surface area contributed by atoms with Gasteiger partial charge in [0.05, 0.1) is 10.7 Å². The molecule has 2 atom stereocenters. The van der Waals surface area contributed by atoms with Crippen LogP contribution in [0.15, 0.2) is 48.7 Å². The number of halogens is 2. The van der Waals surface area contributed by atoms with Crippen LogP contribution >= 0.6 is 22.9 Å². The number of imide groups is 1. The molecule has 16 nitrogen and oxygen atoms in total. The number of piperazine rings is 1. The van der Waals surface area contributed by atoms with Gasteiger partial charge < -0.3 is 5.32 Å². The molecule has 3 aliphatic heterocycles. The number of anilines is 5. The number of hydrogen-bond acceptors (Lipinski definition) is 13. The summed E-state index contributed by atoms with van der Waals surface area (Å²) in [6.07, 6.45) is 0.905. The van der Waals surface area contributed by atoms with E-state index in [2.05, 4.69) is 38.9 Å². The van der Waals surface area contributed by atoms with Crippen LogP contribution < -0.4 is 42.3 Å². The monoisotopic (exact) mass is 885 g/mol. The van der Waals surface area contributed by atoms with Crippen molar-refractivity contribution in [2.45, 2.75) is 39.0 Å². The summed E-state index contributed by atoms with van der Waals surface area (Å²) in [5.74, 6) is -0.288. The molecular formula is C35H35ClIN10O6S-. The summed E-state index contributed by atoms with van der Waals surface area (Å²) in [7, 11) is 1.43. The fraction of sp³-hybridized carbons (Fsp3) is 0.314. The van der Waals surface area contributed by atoms with E-state index >= 15 is 0 Å². The Labute approximate surface area is 329 Å². The molecule has 2 aromatic carbocycles. The van der Waals surface area contributed by atoms with Gasteiger partial charge >= 0.3 is 268 Å². The molecule has 7 rings (SSSR count). The number of carbonyl (C=O) groups is 5. The number of nitrogens with zero attached hydrogens (tertiary/aromatic N) is 7. The maximum absolute atomic E-state index is 13.5. The molecule has 4 aromatic rings. The number of carbonyl (C=O) groups excluding carboxylic acids is 5. The summed E-state index contributed by atoms with van der Waals surface area (Å²) in [5, 5.41) is 19.9. The summed E-state index contributed by atoms with van der Waals surface area (Å²) in [6, 6.07) is 10.9. The molecular weight excluding hydrogens is 851 g/mol. The van der Waals surface area contributed by atoms with Gasteiger partial charge in [0.25, 0.3) is 0 Å². The Morgan fingerprint density at radius 3 is 2.50 bits per heavy atom. The van der Waals surface area contributed by atoms with Crippen molar-refractivity contribution in [2.24, 2.45) is 0 Å². The van der Waals surface area contributed by atoms with Crippen LogP contribution in [0.3, 0.4) is 0 Å². The predicted octanol–water partition coefficient (Wildman–Crippen LogP) is 1.09. The molecule has 0 saturated carbocycles. The Hall–Kier alpha value is -4.76. The van der Waals surface area contributed by atoms with Crippen LogP contribution in [0.4, 0.5) is 32.9 Å². The molecule has 282 valence electrons. The molecule has 0 radical (unpaired) electrons. The van der Waals surface area contributed by atoms with Gasteiger partial charge in [-0.3, -0.25) is 4.79 Å². The fourth-order valence-electron chi connectivity index (χ4n) is 6.46. The summed E-state index contributed by atoms with van der Waals surface area (Å²) < 4.78 is 1.85. The number of thiazole rings is 1. The molecule has 19 heteroatoms. The van der Waals surface area contributed by atoms with Crippen LogP contribution in [0.25, 0.3) is 0 Å². The van der Waals surface area contributed by atoms with Gasteiger partial charge in [-0.1, -0.05) is 23.7 Å². The van der Waals surface area contributed by atoms with Gasteiger partial charge in [0.1, 0.15) is 0 Å². The van der Waals surface area contributed by atoms with Crippen molar-refractivity contribution in [1.29, 1.82) is 0 Å². The van der Waals surface area contributed by atoms with E-state index in [-0.39, 0.29) is 39.5 Å². The van der Waals surface area contributed by atoms with Crippen molar-refractivity contribution in [3.8, 4) is 0 Å². The van der Waals surface area contributed by atoms with E-state index in [0.29, 0.717) is 64.4 Å². The summed E-state index contributed by atoms with van der Waals surface area (Å²) in [6.45, 7) is 6.07. The second kappa shape index (κ2) is 15.5. The number of likely N-dealkylation sites (N-methyl/N-ethyl adjacent to an activating group) is 1. The SMILES string of the molecule is Cc1nc(Nc2ncc(C(=O)Nc3c(C)cccc3Cl)s2)cc(N2CCN([I-]C(=O)Nc3cccc4c3C(=O)N(C3CCC(O)N(C)C3=O)C4=O)CC2)n1. The topological polar surface area (TPSA) is 193 Å². The Balaban J connectivity index is 0.942. The molecule has 0 spiro atoms. The van der Waals surface area contributed by atoms with Crippen molar-refractivity contribution in [3.63, 3.8) is 0 Å². The molecule has 3 aliphatic rings. The molecule has 0 aliphatic carbocycles. The van der Waals surface area contributed by atoms with Crippen LogP contribution in [-0.2, 0) is 4.79 Å². The number of nitrogens with one attached hydrogen (secondary N) is 3. The normalized spacial score (nSPS) is 19.0. The van der Waals surface area contributed by atoms with Crippen molar-refractivity contribution < 1.29 is 50.6 Å². The molecule has 0 bridgehead atoms. The number of piperidine rings is 1. The quantitative estimate of drug-likeness (QED) is 0.0617. The zero-order valence-electron chi connectivity index (χ0n) is 29.3. The number of aromatic nitrogens is 3. The molecule has 2 fully saturated rings. The minimum atomic E-state index is -1.16. The van der Waals surface area contributed by atoms with Gasteiger partial charge in [-0.05, 0) is 18.6 Å². The average Bonchev–Trinajstić information content (AvgIpc) is 3.71. The van der Waals surface area contributed by atoms with E-state index < -0.39 is 51.5 Å². The number of amides is 5. The van der Waals surface area contributed by atoms with Gasteiger partial charge in [0, 0.05) is 0 Å². The molecule has 2 aromatic heterocycles. The predicted molar refractivity (Wildman–Crippen MR) is 198 cm³/mol. The summed E-state index contributed by atoms with van der Waals surface area (Å²) >= 11 is 6.30. The average molecular weight is 886 g/mol. The second-order valence-corrected chi connectivity index (χ2v) is 17.1. The first-order chi connectivity index (χ1) is 25.9. The zero-order chi connectivity index (χ0) is 38.3. The van der Waals surface area contributed by atoms with Crippen LogP contribution in [0.5, 0.6) is 0 Å². The van der Waals surface area contributed by atoms with Crippen LogP contribution in [-0.4, -0.2) is 106 Å². The van der Waals surface area contributed by atoms with E-state index in [9.17, 15) is 29.1 Å². The van der Waals surface area contributed by atoms with E-state index in [1.807, 2.05) is 25.1 Å². The number of aliphatic hydroxyl groups excluding tert-OH is 1. The summed E-state index contributed by atoms with van der Waals surface area (Å²) in [4.78, 5) is 84.0. The zero-order valence-corrected chi connectivity index (χ0v) is 33.0. The Kier molecular flexibility index (Phi) is 10.8. The Morgan fingerprint density at radius 2 is 1.74 bits per heavy atom. The first kappa shape index (κ1) is 37.6. The first-order valence-corrected chi connectivity index (χ1v) is 20.2. The van der Waals surface area contributed by atoms with Gasteiger partial charge in [-0.15, -0.1) is 0 Å². The number of fused-ring (bicyclic) bond motifs is 1. The first-order valence-electron chi connectivity index (χ1n) is 16.9. The van der Waals surface area contributed by atoms with Crippen molar-refractivity contribution in [1.82, 2.24) is 27.9 Å². The van der Waals surface area contributed by atoms with Gasteiger partial charge in [0.15, 0.2) is 0 Å². The number of aryl methyl sites for hydroxylation is 2. The number of rotatable bonds is 9. The fourth-order valence-corrected chi connectivity index (χ4v) is 9.39. The number of benzene rings is 2. The number of aliphatic hydroxyl groups is 1. The number of likely N-dealkylation sites (tertiary alicyclic amines) is 1. The molecule has 2 saturated heterocycles. The van der Waals surface area contributed by atoms with Crippen molar-refractivity contribution >= 4 is 78.6 Å². The minimum absolute atomic E-state index is 0.0687. The second-order valence-electron chi connectivity index (χ2n) is 12.8. The van der Waals surface area contributed by atoms with E-state index in [1.54, 1.807) is 25.1 Å². The van der Waals surface area contributed by atoms with E-state index in [4.69, 9.17) is 11.6 Å². The standard InChI is InChI=1S/C35H35ClIN10O6S/c1-18-6-4-8-21(36)29(18)43-30(49)24-17-38-35(54-24)42-25-16-26(40-19(2)39-25)45-12-14-46(15-13-45)37-34(53)41-22-9-5-7-20-28(22)33(52)47(31(20)50)23-10-11-27(48)44(3)32(23)51/h4-9,16-17,23,27,48H,10-15H2,1-3H3,(H,41,53)(H,43,49)(H,38,39,40,42)/q-1. The third-order valence-corrected chi connectivity index (χ3v) is 12.8. The number of hydrogen-bond donors (Lipinski definition) is 4. The molecule has 54 heavy (non-hydrogen) atoms. The third kappa shape index (κ3) is 7.61. The molecule has 2 unspecified atom stereocenters. The maximum atomic E-state index is 13.5. The van der Waals surface area contributed by atoms with Crippen LogP contribution in [0.1, 0.15) is 54.6 Å². The van der Waals surface area contributed by atoms with E-state index in [1.165, 1.54) is 30.6 Å². The van der Waals surface area contributed by atoms with Crippen molar-refractivity contribution in [2.75, 3.05) is 54.1 Å². The van der Waals surface area contributed by atoms with Gasteiger partial charge in [-0.2, -0.15) is 0 Å². The molecule has 4 N–H and O–H groups in total. The van der Waals surface area contributed by atoms with Crippen LogP contribution in [0.2, 0.25) is 5.02 Å². The van der Waals surface area contributed by atoms with Gasteiger partial charge in [-0.25, -0.2) is 0 Å². The Bertz CT molecular complexity index is 2160. The molecule has 5 amide bonds. The Morgan fingerprint density at radius 1 is 0.981 bits per heavy atom. The molecule has 5 heterocycles. The summed E-state index contributed by atoms with van der Waals surface area (Å²) in [5.41, 5.74) is 1.83. The third-order valence-electron chi connectivity index (χ3n) is 9.26. The van der Waals surface area contributed by atoms with Crippen molar-refractivity contribution in [3.05, 3.63) is 81.1 Å². The van der Waals surface area contributed by atoms with Crippen LogP contribution in [0, 0.1) is 13.8 Å². The number of para-hydroxylation sites is 1. The van der Waals surface area contributed by atoms with E-state index in [0.717, 1.165) is 15.4 Å². The van der Waals surface area contributed by atoms with Gasteiger partial charge in [0.2, 0.25) is 0 Å².